The minimum atomic E-state index is -0.332. The molecule has 0 saturated carbocycles. The largest absolute Gasteiger partial charge is 0.493 e. The topological polar surface area (TPSA) is 118 Å². The van der Waals surface area contributed by atoms with Crippen LogP contribution in [-0.4, -0.2) is 43.0 Å². The Balaban J connectivity index is 1.64. The molecule has 2 amide bonds. The third-order valence-corrected chi connectivity index (χ3v) is 5.01. The first kappa shape index (κ1) is 21.1. The van der Waals surface area contributed by atoms with Gasteiger partial charge in [-0.05, 0) is 43.1 Å². The molecule has 1 atom stereocenters. The van der Waals surface area contributed by atoms with Crippen molar-refractivity contribution in [2.45, 2.75) is 25.4 Å². The van der Waals surface area contributed by atoms with Crippen LogP contribution in [-0.2, 0) is 16.1 Å². The van der Waals surface area contributed by atoms with Crippen LogP contribution in [0, 0.1) is 11.3 Å². The zero-order valence-electron chi connectivity index (χ0n) is 16.8. The standard InChI is InChI=1S/C22H24N4O4/c1-29-20-11-15(12-23)8-9-19(20)30-14-21(27)25-17-6-3-2-5-16(17)13-26-10-4-7-18(26)22(24)28/h2-3,5-6,8-9,11,18H,4,7,10,13-14H2,1H3,(H2,24,28)(H,25,27). The molecule has 8 heteroatoms. The fraction of sp³-hybridized carbons (Fsp3) is 0.318. The summed E-state index contributed by atoms with van der Waals surface area (Å²) < 4.78 is 10.8. The summed E-state index contributed by atoms with van der Waals surface area (Å²) >= 11 is 0. The molecule has 2 aromatic carbocycles. The number of amides is 2. The Morgan fingerprint density at radius 1 is 1.27 bits per heavy atom. The number of nitrogens with one attached hydrogen (secondary N) is 1. The molecule has 0 spiro atoms. The summed E-state index contributed by atoms with van der Waals surface area (Å²) in [6, 6.07) is 13.9. The van der Waals surface area contributed by atoms with E-state index in [2.05, 4.69) is 5.32 Å². The molecule has 1 heterocycles. The minimum Gasteiger partial charge on any atom is -0.493 e. The lowest BCUT2D eigenvalue weighted by Gasteiger charge is -2.23. The maximum atomic E-state index is 12.5. The molecule has 0 bridgehead atoms. The summed E-state index contributed by atoms with van der Waals surface area (Å²) in [5.41, 5.74) is 7.50. The highest BCUT2D eigenvalue weighted by Gasteiger charge is 2.29. The van der Waals surface area contributed by atoms with Crippen LogP contribution in [0.5, 0.6) is 11.5 Å². The number of para-hydroxylation sites is 1. The summed E-state index contributed by atoms with van der Waals surface area (Å²) in [5, 5.41) is 11.8. The molecule has 1 unspecified atom stereocenters. The quantitative estimate of drug-likeness (QED) is 0.690. The van der Waals surface area contributed by atoms with Gasteiger partial charge in [-0.2, -0.15) is 5.26 Å². The van der Waals surface area contributed by atoms with E-state index in [0.29, 0.717) is 29.3 Å². The van der Waals surface area contributed by atoms with Crippen LogP contribution in [0.1, 0.15) is 24.0 Å². The smallest absolute Gasteiger partial charge is 0.262 e. The summed E-state index contributed by atoms with van der Waals surface area (Å²) in [6.07, 6.45) is 1.67. The number of carbonyl (C=O) groups excluding carboxylic acids is 2. The van der Waals surface area contributed by atoms with Gasteiger partial charge in [0.15, 0.2) is 18.1 Å². The third-order valence-electron chi connectivity index (χ3n) is 5.01. The van der Waals surface area contributed by atoms with E-state index in [1.165, 1.54) is 7.11 Å². The van der Waals surface area contributed by atoms with Gasteiger partial charge in [0.25, 0.3) is 5.91 Å². The van der Waals surface area contributed by atoms with Crippen molar-refractivity contribution < 1.29 is 19.1 Å². The van der Waals surface area contributed by atoms with E-state index in [1.54, 1.807) is 18.2 Å². The highest BCUT2D eigenvalue weighted by Crippen LogP contribution is 2.28. The molecular formula is C22H24N4O4. The first-order chi connectivity index (χ1) is 14.5. The molecule has 2 aromatic rings. The lowest BCUT2D eigenvalue weighted by atomic mass is 10.1. The zero-order chi connectivity index (χ0) is 21.5. The number of likely N-dealkylation sites (tertiary alicyclic amines) is 1. The lowest BCUT2D eigenvalue weighted by Crippen LogP contribution is -2.39. The van der Waals surface area contributed by atoms with Gasteiger partial charge in [0.1, 0.15) is 0 Å². The normalized spacial score (nSPS) is 15.9. The molecule has 156 valence electrons. The van der Waals surface area contributed by atoms with Crippen LogP contribution >= 0.6 is 0 Å². The van der Waals surface area contributed by atoms with Crippen LogP contribution in [0.25, 0.3) is 0 Å². The minimum absolute atomic E-state index is 0.218. The van der Waals surface area contributed by atoms with Crippen LogP contribution in [0.2, 0.25) is 0 Å². The van der Waals surface area contributed by atoms with Crippen molar-refractivity contribution in [3.05, 3.63) is 53.6 Å². The van der Waals surface area contributed by atoms with E-state index >= 15 is 0 Å². The van der Waals surface area contributed by atoms with Gasteiger partial charge in [-0.25, -0.2) is 0 Å². The number of nitrogens with zero attached hydrogens (tertiary/aromatic N) is 2. The molecule has 1 fully saturated rings. The van der Waals surface area contributed by atoms with Gasteiger partial charge in [0, 0.05) is 18.3 Å². The highest BCUT2D eigenvalue weighted by atomic mass is 16.5. The second-order valence-corrected chi connectivity index (χ2v) is 7.00. The number of nitriles is 1. The Labute approximate surface area is 175 Å². The predicted octanol–water partition coefficient (Wildman–Crippen LogP) is 2.03. The number of ether oxygens (including phenoxy) is 2. The summed E-state index contributed by atoms with van der Waals surface area (Å²) in [4.78, 5) is 26.1. The van der Waals surface area contributed by atoms with Crippen LogP contribution in [0.4, 0.5) is 5.69 Å². The van der Waals surface area contributed by atoms with Gasteiger partial charge in [-0.3, -0.25) is 14.5 Å². The first-order valence-electron chi connectivity index (χ1n) is 9.64. The third kappa shape index (κ3) is 5.07. The van der Waals surface area contributed by atoms with Gasteiger partial charge < -0.3 is 20.5 Å². The van der Waals surface area contributed by atoms with Crippen molar-refractivity contribution >= 4 is 17.5 Å². The van der Waals surface area contributed by atoms with Crippen molar-refractivity contribution in [3.8, 4) is 17.6 Å². The predicted molar refractivity (Wildman–Crippen MR) is 111 cm³/mol. The summed E-state index contributed by atoms with van der Waals surface area (Å²) in [5.74, 6) is 0.107. The fourth-order valence-electron chi connectivity index (χ4n) is 3.52. The molecular weight excluding hydrogens is 384 g/mol. The SMILES string of the molecule is COc1cc(C#N)ccc1OCC(=O)Nc1ccccc1CN1CCCC1C(N)=O. The Bertz CT molecular complexity index is 970. The van der Waals surface area contributed by atoms with Crippen molar-refractivity contribution in [3.63, 3.8) is 0 Å². The maximum Gasteiger partial charge on any atom is 0.262 e. The molecule has 30 heavy (non-hydrogen) atoms. The molecule has 0 radical (unpaired) electrons. The second kappa shape index (κ2) is 9.76. The second-order valence-electron chi connectivity index (χ2n) is 7.00. The van der Waals surface area contributed by atoms with Gasteiger partial charge in [-0.1, -0.05) is 18.2 Å². The number of benzene rings is 2. The molecule has 1 aliphatic rings. The molecule has 0 aromatic heterocycles. The Hall–Kier alpha value is -3.57. The van der Waals surface area contributed by atoms with Gasteiger partial charge >= 0.3 is 0 Å². The van der Waals surface area contributed by atoms with E-state index in [0.717, 1.165) is 24.9 Å². The number of primary amides is 1. The van der Waals surface area contributed by atoms with Crippen molar-refractivity contribution in [2.24, 2.45) is 5.73 Å². The van der Waals surface area contributed by atoms with Gasteiger partial charge in [-0.15, -0.1) is 0 Å². The highest BCUT2D eigenvalue weighted by molar-refractivity contribution is 5.92. The average molecular weight is 408 g/mol. The number of rotatable bonds is 8. The Kier molecular flexibility index (Phi) is 6.88. The van der Waals surface area contributed by atoms with Crippen LogP contribution in [0.3, 0.4) is 0 Å². The first-order valence-corrected chi connectivity index (χ1v) is 9.64. The summed E-state index contributed by atoms with van der Waals surface area (Å²) in [7, 11) is 1.47. The lowest BCUT2D eigenvalue weighted by molar-refractivity contribution is -0.122. The zero-order valence-corrected chi connectivity index (χ0v) is 16.8. The number of hydrogen-bond acceptors (Lipinski definition) is 6. The molecule has 8 nitrogen and oxygen atoms in total. The Morgan fingerprint density at radius 3 is 2.80 bits per heavy atom. The van der Waals surface area contributed by atoms with E-state index in [9.17, 15) is 9.59 Å². The fourth-order valence-corrected chi connectivity index (χ4v) is 3.52. The maximum absolute atomic E-state index is 12.5. The average Bonchev–Trinajstić information content (AvgIpc) is 3.22. The van der Waals surface area contributed by atoms with E-state index in [4.69, 9.17) is 20.5 Å². The van der Waals surface area contributed by atoms with Gasteiger partial charge in [0.2, 0.25) is 5.91 Å². The number of nitrogens with two attached hydrogens (primary N) is 1. The summed E-state index contributed by atoms with van der Waals surface area (Å²) in [6.45, 7) is 1.09. The van der Waals surface area contributed by atoms with Crippen molar-refractivity contribution in [1.82, 2.24) is 4.90 Å². The number of carbonyl (C=O) groups is 2. The van der Waals surface area contributed by atoms with Crippen molar-refractivity contribution in [2.75, 3.05) is 25.6 Å². The number of methoxy groups -OCH3 is 1. The van der Waals surface area contributed by atoms with E-state index in [1.807, 2.05) is 35.2 Å². The molecule has 1 saturated heterocycles. The van der Waals surface area contributed by atoms with Crippen LogP contribution < -0.4 is 20.5 Å². The van der Waals surface area contributed by atoms with E-state index < -0.39 is 0 Å². The monoisotopic (exact) mass is 408 g/mol. The van der Waals surface area contributed by atoms with E-state index in [-0.39, 0.29) is 24.5 Å². The number of anilines is 1. The Morgan fingerprint density at radius 2 is 2.07 bits per heavy atom. The molecule has 3 N–H and O–H groups in total. The molecule has 1 aliphatic heterocycles. The number of hydrogen-bond donors (Lipinski definition) is 2. The van der Waals surface area contributed by atoms with Gasteiger partial charge in [0.05, 0.1) is 24.8 Å². The molecule has 0 aliphatic carbocycles. The van der Waals surface area contributed by atoms with Crippen LogP contribution in [0.15, 0.2) is 42.5 Å². The molecule has 3 rings (SSSR count). The van der Waals surface area contributed by atoms with Crippen molar-refractivity contribution in [1.29, 1.82) is 5.26 Å².